The summed E-state index contributed by atoms with van der Waals surface area (Å²) in [6.45, 7) is 0. The summed E-state index contributed by atoms with van der Waals surface area (Å²) in [7, 11) is 0. The Morgan fingerprint density at radius 3 is 1.45 bits per heavy atom. The number of furan rings is 1. The molecule has 0 fully saturated rings. The Hall–Kier alpha value is -6.18. The average molecular weight is 624 g/mol. The molecule has 0 saturated heterocycles. The van der Waals surface area contributed by atoms with Gasteiger partial charge in [0.05, 0.1) is 34.3 Å². The van der Waals surface area contributed by atoms with Gasteiger partial charge in [0.15, 0.2) is 0 Å². The molecule has 9 rings (SSSR count). The lowest BCUT2D eigenvalue weighted by molar-refractivity contribution is 0.633. The zero-order chi connectivity index (χ0) is 52.9. The molecule has 1 nitrogen and oxygen atoms in total. The van der Waals surface area contributed by atoms with Crippen molar-refractivity contribution >= 4 is 32.5 Å². The lowest BCUT2D eigenvalue weighted by atomic mass is 9.84. The summed E-state index contributed by atoms with van der Waals surface area (Å²) in [5, 5.41) is -2.43. The van der Waals surface area contributed by atoms with Gasteiger partial charge in [-0.05, 0) is 49.4 Å². The second-order valence-corrected chi connectivity index (χ2v) is 10.1. The van der Waals surface area contributed by atoms with E-state index >= 15 is 0 Å². The van der Waals surface area contributed by atoms with E-state index in [9.17, 15) is 13.7 Å². The van der Waals surface area contributed by atoms with Crippen LogP contribution >= 0.6 is 0 Å². The van der Waals surface area contributed by atoms with E-state index in [0.717, 1.165) is 0 Å². The van der Waals surface area contributed by atoms with Crippen LogP contribution in [0, 0.1) is 0 Å². The van der Waals surface area contributed by atoms with Crippen molar-refractivity contribution in [2.24, 2.45) is 0 Å². The van der Waals surface area contributed by atoms with Crippen molar-refractivity contribution in [1.29, 1.82) is 0 Å². The first kappa shape index (κ1) is 11.9. The summed E-state index contributed by atoms with van der Waals surface area (Å²) >= 11 is 0. The standard InChI is InChI=1S/C46H30O/c1-4-15-31(16-5-1)32-27-29-35(30-28-32)45-44(41-26-14-25-36(46(41)47-45)33-17-6-2-7-18-33)43-39-23-12-10-21-37(39)42(34-19-8-3-9-20-34)38-22-11-13-24-40(38)43/h1-30H/i1D,2D,4D,5D,6D,7D,10D,11D,12D,13D,14D,15D,16D,17D,18D,21D,22D,23D,24D,25D,26D,27D,28D,29D,30D. The van der Waals surface area contributed by atoms with E-state index in [2.05, 4.69) is 0 Å². The van der Waals surface area contributed by atoms with Gasteiger partial charge in [-0.2, -0.15) is 0 Å². The van der Waals surface area contributed by atoms with Crippen molar-refractivity contribution in [2.75, 3.05) is 0 Å². The van der Waals surface area contributed by atoms with Gasteiger partial charge in [0.25, 0.3) is 0 Å². The third-order valence-electron chi connectivity index (χ3n) is 7.55. The predicted octanol–water partition coefficient (Wildman–Crippen LogP) is 13.1. The number of benzene rings is 8. The highest BCUT2D eigenvalue weighted by molar-refractivity contribution is 6.25. The molecular weight excluding hydrogens is 569 g/mol. The maximum absolute atomic E-state index is 9.55. The van der Waals surface area contributed by atoms with Gasteiger partial charge in [-0.1, -0.05) is 181 Å². The smallest absolute Gasteiger partial charge is 0.143 e. The lowest BCUT2D eigenvalue weighted by Gasteiger charge is -2.18. The topological polar surface area (TPSA) is 13.1 Å². The summed E-state index contributed by atoms with van der Waals surface area (Å²) < 4.78 is 231. The molecule has 0 aliphatic heterocycles. The van der Waals surface area contributed by atoms with E-state index in [1.54, 1.807) is 18.2 Å². The van der Waals surface area contributed by atoms with Crippen LogP contribution in [-0.2, 0) is 0 Å². The monoisotopic (exact) mass is 623 g/mol. The quantitative estimate of drug-likeness (QED) is 0.174. The zero-order valence-corrected chi connectivity index (χ0v) is 23.8. The van der Waals surface area contributed by atoms with E-state index in [-0.39, 0.29) is 21.9 Å². The van der Waals surface area contributed by atoms with Crippen molar-refractivity contribution in [3.05, 3.63) is 181 Å². The van der Waals surface area contributed by atoms with Gasteiger partial charge in [0.1, 0.15) is 11.3 Å². The normalized spacial score (nSPS) is 18.9. The SMILES string of the molecule is [2H]c1c([2H])c([2H])c(-c2c([2H])c([2H])c(-c3oc4c(-c5c([2H])c([2H])c([2H])c([2H])c5[2H])c([2H])c([2H])c([2H])c4c3-c3c4c([2H])c([2H])c([2H])c([2H])c4c(-c4ccccc4)c4c([2H])c([2H])c([2H])c([2H])c34)c([2H])c2[2H])c([2H])c1[2H]. The van der Waals surface area contributed by atoms with Gasteiger partial charge < -0.3 is 4.42 Å². The van der Waals surface area contributed by atoms with E-state index in [0.29, 0.717) is 0 Å². The van der Waals surface area contributed by atoms with Crippen LogP contribution in [0.2, 0.25) is 0 Å². The summed E-state index contributed by atoms with van der Waals surface area (Å²) in [6, 6.07) is -14.7. The van der Waals surface area contributed by atoms with Gasteiger partial charge in [-0.3, -0.25) is 0 Å². The molecule has 220 valence electrons. The van der Waals surface area contributed by atoms with Gasteiger partial charge in [-0.25, -0.2) is 0 Å². The molecule has 0 unspecified atom stereocenters. The molecule has 0 amide bonds. The minimum Gasteiger partial charge on any atom is -0.455 e. The molecule has 0 aliphatic carbocycles. The maximum Gasteiger partial charge on any atom is 0.143 e. The Morgan fingerprint density at radius 2 is 0.830 bits per heavy atom. The summed E-state index contributed by atoms with van der Waals surface area (Å²) in [5.74, 6) is -0.878. The van der Waals surface area contributed by atoms with E-state index < -0.39 is 218 Å². The van der Waals surface area contributed by atoms with Crippen LogP contribution in [0.5, 0.6) is 0 Å². The van der Waals surface area contributed by atoms with Gasteiger partial charge in [0, 0.05) is 27.6 Å². The summed E-state index contributed by atoms with van der Waals surface area (Å²) in [5.41, 5.74) is -5.84. The molecule has 1 heterocycles. The molecule has 0 atom stereocenters. The summed E-state index contributed by atoms with van der Waals surface area (Å²) in [6.07, 6.45) is 0. The molecule has 8 aromatic carbocycles. The lowest BCUT2D eigenvalue weighted by Crippen LogP contribution is -1.91. The van der Waals surface area contributed by atoms with Crippen LogP contribution in [0.3, 0.4) is 0 Å². The first-order valence-corrected chi connectivity index (χ1v) is 14.1. The number of hydrogen-bond donors (Lipinski definition) is 0. The van der Waals surface area contributed by atoms with Gasteiger partial charge in [-0.15, -0.1) is 0 Å². The van der Waals surface area contributed by atoms with Crippen LogP contribution < -0.4 is 0 Å². The molecule has 1 heteroatoms. The third kappa shape index (κ3) is 4.56. The van der Waals surface area contributed by atoms with Crippen molar-refractivity contribution in [3.63, 3.8) is 0 Å². The Labute approximate surface area is 309 Å². The van der Waals surface area contributed by atoms with Crippen LogP contribution in [0.25, 0.3) is 88.3 Å². The maximum atomic E-state index is 9.55. The van der Waals surface area contributed by atoms with E-state index in [1.165, 1.54) is 12.1 Å². The Kier molecular flexibility index (Phi) is 2.86. The predicted molar refractivity (Wildman–Crippen MR) is 198 cm³/mol. The summed E-state index contributed by atoms with van der Waals surface area (Å²) in [4.78, 5) is 0. The fourth-order valence-electron chi connectivity index (χ4n) is 5.60. The van der Waals surface area contributed by atoms with Crippen molar-refractivity contribution in [3.8, 4) is 55.8 Å². The van der Waals surface area contributed by atoms with Crippen LogP contribution in [0.4, 0.5) is 0 Å². The third-order valence-corrected chi connectivity index (χ3v) is 7.55. The minimum absolute atomic E-state index is 0.120. The Bertz CT molecular complexity index is 3810. The molecule has 0 spiro atoms. The van der Waals surface area contributed by atoms with Crippen molar-refractivity contribution < 1.29 is 38.7 Å². The first-order chi connectivity index (χ1) is 33.7. The van der Waals surface area contributed by atoms with Crippen molar-refractivity contribution in [2.45, 2.75) is 0 Å². The molecule has 0 saturated carbocycles. The highest BCUT2D eigenvalue weighted by Gasteiger charge is 2.25. The fraction of sp³-hybridized carbons (Fsp3) is 0. The number of para-hydroxylation sites is 1. The Morgan fingerprint density at radius 1 is 0.340 bits per heavy atom. The van der Waals surface area contributed by atoms with E-state index in [1.807, 2.05) is 0 Å². The Balaban J connectivity index is 1.65. The first-order valence-electron chi connectivity index (χ1n) is 26.6. The molecule has 0 radical (unpaired) electrons. The molecule has 0 N–H and O–H groups in total. The molecule has 47 heavy (non-hydrogen) atoms. The molecular formula is C46H30O. The van der Waals surface area contributed by atoms with E-state index in [4.69, 9.17) is 25.0 Å². The van der Waals surface area contributed by atoms with Crippen molar-refractivity contribution in [1.82, 2.24) is 0 Å². The largest absolute Gasteiger partial charge is 0.455 e. The zero-order valence-electron chi connectivity index (χ0n) is 48.8. The highest BCUT2D eigenvalue weighted by atomic mass is 16.3. The molecule has 1 aromatic heterocycles. The minimum atomic E-state index is -1.07. The molecule has 0 bridgehead atoms. The second-order valence-electron chi connectivity index (χ2n) is 10.1. The number of hydrogen-bond acceptors (Lipinski definition) is 1. The number of fused-ring (bicyclic) bond motifs is 3. The number of rotatable bonds is 5. The highest BCUT2D eigenvalue weighted by Crippen LogP contribution is 2.50. The average Bonchev–Trinajstić information content (AvgIpc) is 3.75. The molecule has 9 aromatic rings. The fourth-order valence-corrected chi connectivity index (χ4v) is 5.60. The second kappa shape index (κ2) is 11.3. The van der Waals surface area contributed by atoms with Gasteiger partial charge in [0.2, 0.25) is 0 Å². The molecule has 0 aliphatic rings. The van der Waals surface area contributed by atoms with Gasteiger partial charge >= 0.3 is 0 Å². The van der Waals surface area contributed by atoms with Crippen LogP contribution in [0.1, 0.15) is 34.3 Å². The van der Waals surface area contributed by atoms with Crippen LogP contribution in [0.15, 0.2) is 186 Å². The van der Waals surface area contributed by atoms with Crippen LogP contribution in [-0.4, -0.2) is 0 Å².